The molecule has 2 fully saturated rings. The van der Waals surface area contributed by atoms with E-state index in [9.17, 15) is 15.0 Å². The molecule has 1 saturated carbocycles. The van der Waals surface area contributed by atoms with Crippen LogP contribution in [0.3, 0.4) is 0 Å². The molecule has 2 aliphatic rings. The van der Waals surface area contributed by atoms with E-state index < -0.39 is 12.2 Å². The number of hydrogen-bond acceptors (Lipinski definition) is 4. The lowest BCUT2D eigenvalue weighted by molar-refractivity contribution is -0.141. The Morgan fingerprint density at radius 3 is 3.00 bits per heavy atom. The van der Waals surface area contributed by atoms with E-state index in [1.165, 1.54) is 0 Å². The normalized spacial score (nSPS) is 34.4. The van der Waals surface area contributed by atoms with Crippen LogP contribution in [-0.2, 0) is 9.53 Å². The van der Waals surface area contributed by atoms with Gasteiger partial charge in [0, 0.05) is 12.3 Å². The summed E-state index contributed by atoms with van der Waals surface area (Å²) in [7, 11) is 0. The minimum absolute atomic E-state index is 0.00200. The molecule has 0 aromatic heterocycles. The molecule has 0 spiro atoms. The van der Waals surface area contributed by atoms with Gasteiger partial charge in [0.2, 0.25) is 0 Å². The number of carbonyl (C=O) groups excluding carboxylic acids is 1. The number of aliphatic hydroxyl groups excluding tert-OH is 2. The average Bonchev–Trinajstić information content (AvgIpc) is 2.82. The molecule has 2 N–H and O–H groups in total. The van der Waals surface area contributed by atoms with Gasteiger partial charge in [0.05, 0.1) is 18.4 Å². The van der Waals surface area contributed by atoms with Gasteiger partial charge in [-0.1, -0.05) is 31.6 Å². The van der Waals surface area contributed by atoms with Gasteiger partial charge in [0.1, 0.15) is 12.2 Å². The van der Waals surface area contributed by atoms with Crippen molar-refractivity contribution in [1.82, 2.24) is 0 Å². The minimum atomic E-state index is -0.629. The second-order valence-electron chi connectivity index (χ2n) is 5.53. The zero-order valence-electron chi connectivity index (χ0n) is 11.3. The lowest BCUT2D eigenvalue weighted by Crippen LogP contribution is -2.19. The summed E-state index contributed by atoms with van der Waals surface area (Å²) < 4.78 is 5.14. The predicted octanol–water partition coefficient (Wildman–Crippen LogP) is 1.24. The fourth-order valence-corrected chi connectivity index (χ4v) is 2.93. The Labute approximate surface area is 114 Å². The van der Waals surface area contributed by atoms with E-state index in [2.05, 4.69) is 18.8 Å². The summed E-state index contributed by atoms with van der Waals surface area (Å²) in [4.78, 5) is 11.2. The highest BCUT2D eigenvalue weighted by molar-refractivity contribution is 5.72. The second-order valence-corrected chi connectivity index (χ2v) is 5.53. The number of esters is 1. The molecule has 0 radical (unpaired) electrons. The Kier molecular flexibility index (Phi) is 4.84. The van der Waals surface area contributed by atoms with E-state index in [1.807, 2.05) is 0 Å². The Morgan fingerprint density at radius 1 is 1.47 bits per heavy atom. The number of rotatable bonds is 4. The molecular formula is C15H22O4. The summed E-state index contributed by atoms with van der Waals surface area (Å²) in [5.74, 6) is 5.35. The third-order valence-corrected chi connectivity index (χ3v) is 4.01. The van der Waals surface area contributed by atoms with Gasteiger partial charge in [0.15, 0.2) is 0 Å². The van der Waals surface area contributed by atoms with Crippen molar-refractivity contribution in [3.05, 3.63) is 0 Å². The smallest absolute Gasteiger partial charge is 0.306 e. The van der Waals surface area contributed by atoms with Crippen molar-refractivity contribution in [2.24, 2.45) is 11.8 Å². The van der Waals surface area contributed by atoms with Crippen molar-refractivity contribution in [3.63, 3.8) is 0 Å². The third kappa shape index (κ3) is 3.49. The van der Waals surface area contributed by atoms with Gasteiger partial charge in [-0.25, -0.2) is 0 Å². The highest BCUT2D eigenvalue weighted by Gasteiger charge is 2.49. The fourth-order valence-electron chi connectivity index (χ4n) is 2.93. The van der Waals surface area contributed by atoms with E-state index in [0.717, 1.165) is 19.3 Å². The largest absolute Gasteiger partial charge is 0.462 e. The lowest BCUT2D eigenvalue weighted by atomic mass is 9.92. The number of fused-ring (bicyclic) bond motifs is 1. The molecule has 4 heteroatoms. The first kappa shape index (κ1) is 14.4. The molecule has 106 valence electrons. The molecule has 1 aliphatic carbocycles. The molecule has 1 aliphatic heterocycles. The van der Waals surface area contributed by atoms with Gasteiger partial charge >= 0.3 is 5.97 Å². The molecule has 1 heterocycles. The predicted molar refractivity (Wildman–Crippen MR) is 70.0 cm³/mol. The molecular weight excluding hydrogens is 244 g/mol. The molecule has 1 saturated heterocycles. The van der Waals surface area contributed by atoms with Crippen molar-refractivity contribution in [2.45, 2.75) is 63.8 Å². The number of unbranched alkanes of at least 4 members (excludes halogenated alkanes) is 2. The van der Waals surface area contributed by atoms with Crippen molar-refractivity contribution in [3.8, 4) is 11.8 Å². The first-order chi connectivity index (χ1) is 9.11. The average molecular weight is 266 g/mol. The second kappa shape index (κ2) is 6.40. The molecule has 2 rings (SSSR count). The maximum atomic E-state index is 11.2. The van der Waals surface area contributed by atoms with E-state index in [4.69, 9.17) is 4.74 Å². The van der Waals surface area contributed by atoms with Crippen LogP contribution in [0.15, 0.2) is 0 Å². The molecule has 0 aromatic carbocycles. The van der Waals surface area contributed by atoms with E-state index >= 15 is 0 Å². The van der Waals surface area contributed by atoms with E-state index in [-0.39, 0.29) is 23.9 Å². The minimum Gasteiger partial charge on any atom is -0.462 e. The Balaban J connectivity index is 1.89. The van der Waals surface area contributed by atoms with Crippen molar-refractivity contribution in [1.29, 1.82) is 0 Å². The van der Waals surface area contributed by atoms with Crippen LogP contribution in [0.4, 0.5) is 0 Å². The zero-order chi connectivity index (χ0) is 13.8. The number of carbonyl (C=O) groups is 1. The summed E-state index contributed by atoms with van der Waals surface area (Å²) in [6.07, 6.45) is 3.31. The van der Waals surface area contributed by atoms with Crippen LogP contribution in [-0.4, -0.2) is 34.5 Å². The van der Waals surface area contributed by atoms with Gasteiger partial charge in [-0.2, -0.15) is 0 Å². The van der Waals surface area contributed by atoms with Crippen LogP contribution in [0.5, 0.6) is 0 Å². The summed E-state index contributed by atoms with van der Waals surface area (Å²) in [6, 6.07) is 0. The van der Waals surface area contributed by atoms with Gasteiger partial charge in [-0.3, -0.25) is 4.79 Å². The van der Waals surface area contributed by atoms with Crippen molar-refractivity contribution in [2.75, 3.05) is 0 Å². The number of hydrogen-bond donors (Lipinski definition) is 2. The van der Waals surface area contributed by atoms with Crippen LogP contribution in [0, 0.1) is 23.7 Å². The summed E-state index contributed by atoms with van der Waals surface area (Å²) in [6.45, 7) is 2.12. The maximum Gasteiger partial charge on any atom is 0.306 e. The maximum absolute atomic E-state index is 11.2. The van der Waals surface area contributed by atoms with Gasteiger partial charge < -0.3 is 14.9 Å². The molecule has 0 amide bonds. The quantitative estimate of drug-likeness (QED) is 0.456. The van der Waals surface area contributed by atoms with E-state index in [1.54, 1.807) is 0 Å². The fraction of sp³-hybridized carbons (Fsp3) is 0.800. The van der Waals surface area contributed by atoms with Crippen molar-refractivity contribution < 1.29 is 19.7 Å². The van der Waals surface area contributed by atoms with Crippen LogP contribution in [0.1, 0.15) is 45.4 Å². The monoisotopic (exact) mass is 266 g/mol. The SMILES string of the molecule is CCCCC[C@H](O)C#C[C@H]1[C@H]2CC(=O)O[C@H]2C[C@H]1O. The molecule has 0 aromatic rings. The Hall–Kier alpha value is -1.05. The van der Waals surface area contributed by atoms with Gasteiger partial charge in [-0.05, 0) is 12.8 Å². The molecule has 5 atom stereocenters. The molecule has 19 heavy (non-hydrogen) atoms. The van der Waals surface area contributed by atoms with Crippen LogP contribution < -0.4 is 0 Å². The highest BCUT2D eigenvalue weighted by atomic mass is 16.6. The zero-order valence-corrected chi connectivity index (χ0v) is 11.3. The first-order valence-electron chi connectivity index (χ1n) is 7.18. The summed E-state index contributed by atoms with van der Waals surface area (Å²) >= 11 is 0. The van der Waals surface area contributed by atoms with Gasteiger partial charge in [-0.15, -0.1) is 0 Å². The summed E-state index contributed by atoms with van der Waals surface area (Å²) in [5, 5.41) is 19.7. The van der Waals surface area contributed by atoms with Crippen LogP contribution >= 0.6 is 0 Å². The standard InChI is InChI=1S/C15H22O4/c1-2-3-4-5-10(16)6-7-11-12-8-15(18)19-14(12)9-13(11)17/h10-14,16-17H,2-5,8-9H2,1H3/t10-,11-,12+,13+,14-/m0/s1. The summed E-state index contributed by atoms with van der Waals surface area (Å²) in [5.41, 5.74) is 0. The molecule has 4 nitrogen and oxygen atoms in total. The van der Waals surface area contributed by atoms with Gasteiger partial charge in [0.25, 0.3) is 0 Å². The van der Waals surface area contributed by atoms with Crippen molar-refractivity contribution >= 4 is 5.97 Å². The third-order valence-electron chi connectivity index (χ3n) is 4.01. The van der Waals surface area contributed by atoms with E-state index in [0.29, 0.717) is 19.3 Å². The highest BCUT2D eigenvalue weighted by Crippen LogP contribution is 2.40. The number of ether oxygens (including phenoxy) is 1. The Bertz CT molecular complexity index is 381. The topological polar surface area (TPSA) is 66.8 Å². The van der Waals surface area contributed by atoms with Crippen LogP contribution in [0.2, 0.25) is 0 Å². The van der Waals surface area contributed by atoms with Crippen LogP contribution in [0.25, 0.3) is 0 Å². The number of aliphatic hydroxyl groups is 2. The Morgan fingerprint density at radius 2 is 2.26 bits per heavy atom. The molecule has 0 unspecified atom stereocenters. The first-order valence-corrected chi connectivity index (χ1v) is 7.18. The lowest BCUT2D eigenvalue weighted by Gasteiger charge is -2.12. The molecule has 0 bridgehead atoms.